The summed E-state index contributed by atoms with van der Waals surface area (Å²) in [4.78, 5) is 22.1. The number of halogens is 1. The number of hydrogen-bond acceptors (Lipinski definition) is 8. The maximum Gasteiger partial charge on any atom is 0.417 e. The van der Waals surface area contributed by atoms with Crippen molar-refractivity contribution in [1.29, 1.82) is 0 Å². The van der Waals surface area contributed by atoms with E-state index < -0.39 is 21.4 Å². The minimum atomic E-state index is -3.38. The Morgan fingerprint density at radius 2 is 1.93 bits per heavy atom. The van der Waals surface area contributed by atoms with E-state index in [1.54, 1.807) is 31.2 Å². The Hall–Kier alpha value is -3.73. The number of fused-ring (bicyclic) bond motifs is 1. The molecule has 11 heteroatoms. The molecule has 154 valence electrons. The van der Waals surface area contributed by atoms with E-state index in [2.05, 4.69) is 25.6 Å². The zero-order valence-electron chi connectivity index (χ0n) is 15.9. The minimum Gasteiger partial charge on any atom is -0.408 e. The van der Waals surface area contributed by atoms with Crippen LogP contribution in [0.2, 0.25) is 0 Å². The molecule has 0 bridgehead atoms. The van der Waals surface area contributed by atoms with Crippen molar-refractivity contribution in [3.05, 3.63) is 64.5 Å². The lowest BCUT2D eigenvalue weighted by molar-refractivity contribution is 0.553. The molecule has 0 amide bonds. The van der Waals surface area contributed by atoms with Gasteiger partial charge in [-0.3, -0.25) is 4.98 Å². The van der Waals surface area contributed by atoms with Crippen molar-refractivity contribution in [2.24, 2.45) is 0 Å². The number of aromatic amines is 1. The SMILES string of the molecule is Cc1cc(Nc2nc(Nc3cccc(S(C)(=O)=O)c3)ncc2F)cc2[nH]c(=O)oc12. The summed E-state index contributed by atoms with van der Waals surface area (Å²) < 4.78 is 42.7. The van der Waals surface area contributed by atoms with Crippen LogP contribution in [0.25, 0.3) is 11.1 Å². The van der Waals surface area contributed by atoms with Crippen LogP contribution in [0.5, 0.6) is 0 Å². The number of rotatable bonds is 5. The molecule has 2 heterocycles. The van der Waals surface area contributed by atoms with Gasteiger partial charge in [-0.15, -0.1) is 0 Å². The van der Waals surface area contributed by atoms with Gasteiger partial charge in [0.15, 0.2) is 27.1 Å². The third-order valence-corrected chi connectivity index (χ3v) is 5.34. The van der Waals surface area contributed by atoms with Crippen molar-refractivity contribution in [1.82, 2.24) is 15.0 Å². The molecule has 3 N–H and O–H groups in total. The quantitative estimate of drug-likeness (QED) is 0.441. The molecule has 9 nitrogen and oxygen atoms in total. The molecule has 0 saturated heterocycles. The van der Waals surface area contributed by atoms with Gasteiger partial charge in [-0.1, -0.05) is 6.07 Å². The van der Waals surface area contributed by atoms with Crippen molar-refractivity contribution in [2.45, 2.75) is 11.8 Å². The Bertz CT molecular complexity index is 1430. The number of anilines is 4. The highest BCUT2D eigenvalue weighted by molar-refractivity contribution is 7.90. The average Bonchev–Trinajstić information content (AvgIpc) is 3.05. The molecule has 0 aliphatic heterocycles. The average molecular weight is 429 g/mol. The van der Waals surface area contributed by atoms with Crippen LogP contribution in [0, 0.1) is 12.7 Å². The first kappa shape index (κ1) is 19.6. The van der Waals surface area contributed by atoms with Gasteiger partial charge in [0.2, 0.25) is 5.95 Å². The zero-order valence-corrected chi connectivity index (χ0v) is 16.7. The molecule has 30 heavy (non-hydrogen) atoms. The van der Waals surface area contributed by atoms with Crippen LogP contribution in [-0.4, -0.2) is 29.6 Å². The third-order valence-electron chi connectivity index (χ3n) is 4.23. The molecule has 0 spiro atoms. The predicted molar refractivity (Wildman–Crippen MR) is 110 cm³/mol. The first-order valence-corrected chi connectivity index (χ1v) is 10.6. The largest absolute Gasteiger partial charge is 0.417 e. The van der Waals surface area contributed by atoms with Crippen LogP contribution in [-0.2, 0) is 9.84 Å². The minimum absolute atomic E-state index is 0.0686. The van der Waals surface area contributed by atoms with Crippen molar-refractivity contribution < 1.29 is 17.2 Å². The van der Waals surface area contributed by atoms with E-state index in [-0.39, 0.29) is 16.7 Å². The van der Waals surface area contributed by atoms with Gasteiger partial charge in [0, 0.05) is 17.6 Å². The van der Waals surface area contributed by atoms with E-state index in [1.807, 2.05) is 0 Å². The lowest BCUT2D eigenvalue weighted by Crippen LogP contribution is -2.04. The van der Waals surface area contributed by atoms with Crippen molar-refractivity contribution in [2.75, 3.05) is 16.9 Å². The number of oxazole rings is 1. The van der Waals surface area contributed by atoms with Gasteiger partial charge >= 0.3 is 5.76 Å². The molecule has 0 radical (unpaired) electrons. The van der Waals surface area contributed by atoms with Gasteiger partial charge < -0.3 is 15.1 Å². The Balaban J connectivity index is 1.63. The lowest BCUT2D eigenvalue weighted by atomic mass is 10.2. The van der Waals surface area contributed by atoms with E-state index in [0.717, 1.165) is 12.5 Å². The monoisotopic (exact) mass is 429 g/mol. The van der Waals surface area contributed by atoms with E-state index >= 15 is 0 Å². The highest BCUT2D eigenvalue weighted by Gasteiger charge is 2.12. The first-order chi connectivity index (χ1) is 14.2. The molecule has 4 aromatic rings. The number of H-pyrrole nitrogens is 1. The van der Waals surface area contributed by atoms with Gasteiger partial charge in [-0.05, 0) is 42.8 Å². The molecule has 0 aliphatic carbocycles. The van der Waals surface area contributed by atoms with Gasteiger partial charge in [-0.25, -0.2) is 22.6 Å². The van der Waals surface area contributed by atoms with Crippen molar-refractivity contribution >= 4 is 44.1 Å². The number of benzene rings is 2. The normalized spacial score (nSPS) is 11.6. The van der Waals surface area contributed by atoms with E-state index in [9.17, 15) is 17.6 Å². The second kappa shape index (κ2) is 7.26. The Labute approximate surface area is 169 Å². The molecule has 4 rings (SSSR count). The first-order valence-electron chi connectivity index (χ1n) is 8.69. The highest BCUT2D eigenvalue weighted by atomic mass is 32.2. The van der Waals surface area contributed by atoms with Crippen LogP contribution >= 0.6 is 0 Å². The lowest BCUT2D eigenvalue weighted by Gasteiger charge is -2.10. The Kier molecular flexibility index (Phi) is 4.74. The van der Waals surface area contributed by atoms with Crippen LogP contribution in [0.1, 0.15) is 5.56 Å². The van der Waals surface area contributed by atoms with Crippen molar-refractivity contribution in [3.8, 4) is 0 Å². The van der Waals surface area contributed by atoms with E-state index in [4.69, 9.17) is 4.42 Å². The highest BCUT2D eigenvalue weighted by Crippen LogP contribution is 2.25. The molecule has 0 saturated carbocycles. The molecule has 0 aliphatic rings. The molecular formula is C19H16FN5O4S. The summed E-state index contributed by atoms with van der Waals surface area (Å²) in [5, 5.41) is 5.71. The molecule has 0 unspecified atom stereocenters. The van der Waals surface area contributed by atoms with E-state index in [1.165, 1.54) is 12.1 Å². The number of aromatic nitrogens is 3. The van der Waals surface area contributed by atoms with Gasteiger partial charge in [0.1, 0.15) is 0 Å². The number of nitrogens with one attached hydrogen (secondary N) is 3. The smallest absolute Gasteiger partial charge is 0.408 e. The van der Waals surface area contributed by atoms with E-state index in [0.29, 0.717) is 28.0 Å². The summed E-state index contributed by atoms with van der Waals surface area (Å²) in [6, 6.07) is 9.40. The zero-order chi connectivity index (χ0) is 21.5. The number of hydrogen-bond donors (Lipinski definition) is 3. The fraction of sp³-hybridized carbons (Fsp3) is 0.105. The number of nitrogens with zero attached hydrogens (tertiary/aromatic N) is 2. The molecule has 0 atom stereocenters. The maximum absolute atomic E-state index is 14.3. The Morgan fingerprint density at radius 1 is 1.13 bits per heavy atom. The summed E-state index contributed by atoms with van der Waals surface area (Å²) in [6.07, 6.45) is 2.10. The second-order valence-electron chi connectivity index (χ2n) is 6.62. The molecule has 2 aromatic carbocycles. The standard InChI is InChI=1S/C19H16FN5O4S/c1-10-6-12(8-15-16(10)29-19(26)24-15)22-17-14(20)9-21-18(25-17)23-11-4-3-5-13(7-11)30(2,27)28/h3-9H,1-2H3,(H,24,26)(H2,21,22,23,25). The predicted octanol–water partition coefficient (Wildman–Crippen LogP) is 3.25. The van der Waals surface area contributed by atoms with Gasteiger partial charge in [0.05, 0.1) is 16.6 Å². The summed E-state index contributed by atoms with van der Waals surface area (Å²) >= 11 is 0. The van der Waals surface area contributed by atoms with Crippen LogP contribution in [0.4, 0.5) is 27.5 Å². The van der Waals surface area contributed by atoms with Crippen LogP contribution < -0.4 is 16.4 Å². The van der Waals surface area contributed by atoms with Gasteiger partial charge in [0.25, 0.3) is 0 Å². The topological polar surface area (TPSA) is 130 Å². The molecular weight excluding hydrogens is 413 g/mol. The fourth-order valence-electron chi connectivity index (χ4n) is 2.89. The summed E-state index contributed by atoms with van der Waals surface area (Å²) in [6.45, 7) is 1.75. The second-order valence-corrected chi connectivity index (χ2v) is 8.64. The maximum atomic E-state index is 14.3. The Morgan fingerprint density at radius 3 is 2.70 bits per heavy atom. The fourth-order valence-corrected chi connectivity index (χ4v) is 3.55. The number of sulfone groups is 1. The molecule has 2 aromatic heterocycles. The van der Waals surface area contributed by atoms with Crippen LogP contribution in [0.3, 0.4) is 0 Å². The number of aryl methyl sites for hydroxylation is 1. The van der Waals surface area contributed by atoms with Crippen molar-refractivity contribution in [3.63, 3.8) is 0 Å². The summed E-state index contributed by atoms with van der Waals surface area (Å²) in [7, 11) is -3.38. The summed E-state index contributed by atoms with van der Waals surface area (Å²) in [5.74, 6) is -1.31. The van der Waals surface area contributed by atoms with Gasteiger partial charge in [-0.2, -0.15) is 4.98 Å². The van der Waals surface area contributed by atoms with Crippen LogP contribution in [0.15, 0.2) is 56.7 Å². The third kappa shape index (κ3) is 4.01. The summed E-state index contributed by atoms with van der Waals surface area (Å²) in [5.41, 5.74) is 2.48. The molecule has 0 fully saturated rings.